The number of benzene rings is 1. The minimum Gasteiger partial charge on any atom is -0.325 e. The van der Waals surface area contributed by atoms with Crippen molar-refractivity contribution in [1.29, 1.82) is 0 Å². The van der Waals surface area contributed by atoms with Gasteiger partial charge in [-0.05, 0) is 43.7 Å². The van der Waals surface area contributed by atoms with Crippen LogP contribution in [0.5, 0.6) is 0 Å². The van der Waals surface area contributed by atoms with Crippen molar-refractivity contribution in [3.05, 3.63) is 57.0 Å². The Morgan fingerprint density at radius 1 is 1.25 bits per heavy atom. The third-order valence-corrected chi connectivity index (χ3v) is 4.13. The van der Waals surface area contributed by atoms with Crippen molar-refractivity contribution in [2.45, 2.75) is 20.4 Å². The van der Waals surface area contributed by atoms with Crippen LogP contribution in [0.25, 0.3) is 11.0 Å². The molecule has 0 saturated carbocycles. The molecule has 0 unspecified atom stereocenters. The van der Waals surface area contributed by atoms with Crippen molar-refractivity contribution in [1.82, 2.24) is 14.3 Å². The maximum Gasteiger partial charge on any atom is 0.252 e. The van der Waals surface area contributed by atoms with Crippen molar-refractivity contribution in [2.24, 2.45) is 7.05 Å². The number of amides is 1. The Labute approximate surface area is 143 Å². The van der Waals surface area contributed by atoms with Gasteiger partial charge in [0.25, 0.3) is 5.56 Å². The van der Waals surface area contributed by atoms with Crippen LogP contribution in [-0.4, -0.2) is 20.3 Å². The zero-order valence-electron chi connectivity index (χ0n) is 13.6. The number of anilines is 1. The second-order valence-corrected chi connectivity index (χ2v) is 6.15. The molecule has 24 heavy (non-hydrogen) atoms. The maximum atomic E-state index is 12.4. The molecule has 0 aliphatic rings. The molecule has 6 nitrogen and oxygen atoms in total. The second kappa shape index (κ2) is 6.13. The van der Waals surface area contributed by atoms with Gasteiger partial charge in [-0.3, -0.25) is 18.8 Å². The van der Waals surface area contributed by atoms with Crippen LogP contribution < -0.4 is 10.9 Å². The molecule has 0 aliphatic carbocycles. The standard InChI is InChI=1S/C17H17ClN4O2/c1-10-8-15(24)22(17-16(10)11(2)20-21(17)3)9-14(23)19-13-6-4-12(18)5-7-13/h4-8H,9H2,1-3H3,(H,19,23). The molecule has 0 saturated heterocycles. The molecule has 0 fully saturated rings. The van der Waals surface area contributed by atoms with Gasteiger partial charge in [-0.2, -0.15) is 5.10 Å². The van der Waals surface area contributed by atoms with E-state index in [0.29, 0.717) is 16.4 Å². The first-order valence-electron chi connectivity index (χ1n) is 7.46. The zero-order chi connectivity index (χ0) is 17.4. The third-order valence-electron chi connectivity index (χ3n) is 3.88. The Balaban J connectivity index is 1.96. The lowest BCUT2D eigenvalue weighted by Gasteiger charge is -2.11. The highest BCUT2D eigenvalue weighted by atomic mass is 35.5. The number of carbonyl (C=O) groups is 1. The minimum atomic E-state index is -0.288. The van der Waals surface area contributed by atoms with Crippen molar-refractivity contribution >= 4 is 34.2 Å². The normalized spacial score (nSPS) is 11.0. The molecule has 0 radical (unpaired) electrons. The van der Waals surface area contributed by atoms with Crippen LogP contribution >= 0.6 is 11.6 Å². The number of hydrogen-bond donors (Lipinski definition) is 1. The molecule has 0 spiro atoms. The smallest absolute Gasteiger partial charge is 0.252 e. The van der Waals surface area contributed by atoms with Crippen LogP contribution in [-0.2, 0) is 18.4 Å². The van der Waals surface area contributed by atoms with E-state index in [1.807, 2.05) is 13.8 Å². The number of rotatable bonds is 3. The summed E-state index contributed by atoms with van der Waals surface area (Å²) in [4.78, 5) is 24.7. The topological polar surface area (TPSA) is 68.9 Å². The van der Waals surface area contributed by atoms with Crippen LogP contribution in [0.4, 0.5) is 5.69 Å². The summed E-state index contributed by atoms with van der Waals surface area (Å²) in [5, 5.41) is 8.62. The Morgan fingerprint density at radius 3 is 2.58 bits per heavy atom. The largest absolute Gasteiger partial charge is 0.325 e. The van der Waals surface area contributed by atoms with Crippen LogP contribution in [0.15, 0.2) is 35.1 Å². The number of fused-ring (bicyclic) bond motifs is 1. The van der Waals surface area contributed by atoms with Crippen molar-refractivity contribution in [3.63, 3.8) is 0 Å². The lowest BCUT2D eigenvalue weighted by Crippen LogP contribution is -2.28. The molecular weight excluding hydrogens is 328 g/mol. The van der Waals surface area contributed by atoms with Gasteiger partial charge in [-0.1, -0.05) is 11.6 Å². The monoisotopic (exact) mass is 344 g/mol. The highest BCUT2D eigenvalue weighted by molar-refractivity contribution is 6.30. The summed E-state index contributed by atoms with van der Waals surface area (Å²) in [6.45, 7) is 3.67. The van der Waals surface area contributed by atoms with E-state index in [1.54, 1.807) is 36.0 Å². The van der Waals surface area contributed by atoms with Crippen LogP contribution in [0.1, 0.15) is 11.3 Å². The number of nitrogens with zero attached hydrogens (tertiary/aromatic N) is 3. The molecule has 2 heterocycles. The number of halogens is 1. The lowest BCUT2D eigenvalue weighted by molar-refractivity contribution is -0.116. The quantitative estimate of drug-likeness (QED) is 0.794. The summed E-state index contributed by atoms with van der Waals surface area (Å²) in [6, 6.07) is 8.34. The zero-order valence-corrected chi connectivity index (χ0v) is 14.4. The molecule has 3 aromatic rings. The highest BCUT2D eigenvalue weighted by Gasteiger charge is 2.16. The van der Waals surface area contributed by atoms with E-state index in [1.165, 1.54) is 10.6 Å². The van der Waals surface area contributed by atoms with E-state index in [4.69, 9.17) is 11.6 Å². The third kappa shape index (κ3) is 2.92. The average Bonchev–Trinajstić information content (AvgIpc) is 2.81. The number of carbonyl (C=O) groups excluding carboxylic acids is 1. The Kier molecular flexibility index (Phi) is 4.15. The Hall–Kier alpha value is -2.60. The predicted octanol–water partition coefficient (Wildman–Crippen LogP) is 2.64. The van der Waals surface area contributed by atoms with Gasteiger partial charge in [0.1, 0.15) is 12.2 Å². The number of hydrogen-bond acceptors (Lipinski definition) is 3. The average molecular weight is 345 g/mol. The van der Waals surface area contributed by atoms with Crippen molar-refractivity contribution in [2.75, 3.05) is 5.32 Å². The Bertz CT molecular complexity index is 986. The summed E-state index contributed by atoms with van der Waals surface area (Å²) in [5.41, 5.74) is 2.73. The summed E-state index contributed by atoms with van der Waals surface area (Å²) in [7, 11) is 1.77. The van der Waals surface area contributed by atoms with Gasteiger partial charge < -0.3 is 5.32 Å². The SMILES string of the molecule is Cc1cc(=O)n(CC(=O)Nc2ccc(Cl)cc2)c2c1c(C)nn2C. The first-order valence-corrected chi connectivity index (χ1v) is 7.84. The molecule has 1 N–H and O–H groups in total. The molecular formula is C17H17ClN4O2. The molecule has 0 bridgehead atoms. The predicted molar refractivity (Wildman–Crippen MR) is 94.5 cm³/mol. The van der Waals surface area contributed by atoms with E-state index in [0.717, 1.165) is 16.6 Å². The Morgan fingerprint density at radius 2 is 1.92 bits per heavy atom. The first kappa shape index (κ1) is 16.3. The van der Waals surface area contributed by atoms with Crippen molar-refractivity contribution in [3.8, 4) is 0 Å². The number of nitrogens with one attached hydrogen (secondary N) is 1. The van der Waals surface area contributed by atoms with E-state index < -0.39 is 0 Å². The van der Waals surface area contributed by atoms with Gasteiger partial charge in [0.2, 0.25) is 5.91 Å². The van der Waals surface area contributed by atoms with Crippen molar-refractivity contribution < 1.29 is 4.79 Å². The van der Waals surface area contributed by atoms with E-state index in [-0.39, 0.29) is 18.0 Å². The van der Waals surface area contributed by atoms with E-state index in [9.17, 15) is 9.59 Å². The molecule has 1 amide bonds. The van der Waals surface area contributed by atoms with Crippen LogP contribution in [0.3, 0.4) is 0 Å². The first-order chi connectivity index (χ1) is 11.4. The molecule has 124 valence electrons. The fraction of sp³-hybridized carbons (Fsp3) is 0.235. The van der Waals surface area contributed by atoms with E-state index >= 15 is 0 Å². The summed E-state index contributed by atoms with van der Waals surface area (Å²) in [5.74, 6) is -0.288. The van der Waals surface area contributed by atoms with Gasteiger partial charge in [0.15, 0.2) is 0 Å². The molecule has 0 aliphatic heterocycles. The number of aromatic nitrogens is 3. The van der Waals surface area contributed by atoms with Gasteiger partial charge in [-0.25, -0.2) is 0 Å². The fourth-order valence-electron chi connectivity index (χ4n) is 2.89. The lowest BCUT2D eigenvalue weighted by atomic mass is 10.1. The summed E-state index contributed by atoms with van der Waals surface area (Å²) >= 11 is 5.83. The molecule has 2 aromatic heterocycles. The van der Waals surface area contributed by atoms with Crippen LogP contribution in [0, 0.1) is 13.8 Å². The highest BCUT2D eigenvalue weighted by Crippen LogP contribution is 2.20. The summed E-state index contributed by atoms with van der Waals surface area (Å²) < 4.78 is 3.07. The minimum absolute atomic E-state index is 0.0861. The number of pyridine rings is 1. The number of aryl methyl sites for hydroxylation is 3. The second-order valence-electron chi connectivity index (χ2n) is 5.71. The van der Waals surface area contributed by atoms with Gasteiger partial charge in [-0.15, -0.1) is 0 Å². The van der Waals surface area contributed by atoms with Gasteiger partial charge in [0.05, 0.1) is 5.69 Å². The fourth-order valence-corrected chi connectivity index (χ4v) is 3.01. The molecule has 3 rings (SSSR count). The summed E-state index contributed by atoms with van der Waals surface area (Å²) in [6.07, 6.45) is 0. The van der Waals surface area contributed by atoms with E-state index in [2.05, 4.69) is 10.4 Å². The molecule has 0 atom stereocenters. The van der Waals surface area contributed by atoms with Gasteiger partial charge in [0, 0.05) is 29.2 Å². The maximum absolute atomic E-state index is 12.4. The van der Waals surface area contributed by atoms with Crippen LogP contribution in [0.2, 0.25) is 5.02 Å². The molecule has 7 heteroatoms. The van der Waals surface area contributed by atoms with Gasteiger partial charge >= 0.3 is 0 Å². The molecule has 1 aromatic carbocycles.